The lowest BCUT2D eigenvalue weighted by Gasteiger charge is -2.07. The van der Waals surface area contributed by atoms with Gasteiger partial charge in [-0.25, -0.2) is 4.79 Å². The number of nitrogens with zero attached hydrogens (tertiary/aromatic N) is 1. The van der Waals surface area contributed by atoms with Crippen LogP contribution in [0.1, 0.15) is 43.6 Å². The molecule has 7 nitrogen and oxygen atoms in total. The molecule has 2 aromatic rings. The molecule has 0 saturated carbocycles. The quantitative estimate of drug-likeness (QED) is 0.569. The Kier molecular flexibility index (Phi) is 6.20. The molecule has 0 saturated heterocycles. The van der Waals surface area contributed by atoms with Crippen molar-refractivity contribution in [3.8, 4) is 5.75 Å². The van der Waals surface area contributed by atoms with Crippen LogP contribution in [0.25, 0.3) is 0 Å². The van der Waals surface area contributed by atoms with E-state index < -0.39 is 15.6 Å². The van der Waals surface area contributed by atoms with Gasteiger partial charge in [0.05, 0.1) is 10.6 Å². The van der Waals surface area contributed by atoms with Gasteiger partial charge in [-0.1, -0.05) is 25.5 Å². The third-order valence-electron chi connectivity index (χ3n) is 3.80. The maximum absolute atomic E-state index is 12.3. The molecular weight excluding hydrogens is 356 g/mol. The van der Waals surface area contributed by atoms with Crippen molar-refractivity contribution in [1.82, 2.24) is 4.83 Å². The van der Waals surface area contributed by atoms with Crippen LogP contribution in [0.4, 0.5) is 0 Å². The summed E-state index contributed by atoms with van der Waals surface area (Å²) in [5.41, 5.74) is 0.0866. The van der Waals surface area contributed by atoms with E-state index in [4.69, 9.17) is 4.42 Å². The van der Waals surface area contributed by atoms with Crippen molar-refractivity contribution in [2.45, 2.75) is 44.9 Å². The van der Waals surface area contributed by atoms with Gasteiger partial charge in [-0.2, -0.15) is 18.4 Å². The zero-order valence-electron chi connectivity index (χ0n) is 14.9. The van der Waals surface area contributed by atoms with Gasteiger partial charge in [0, 0.05) is 6.07 Å². The van der Waals surface area contributed by atoms with E-state index in [9.17, 15) is 18.3 Å². The number of hydrogen-bond donors (Lipinski definition) is 2. The van der Waals surface area contributed by atoms with Gasteiger partial charge >= 0.3 is 5.63 Å². The number of sulfonamides is 1. The van der Waals surface area contributed by atoms with Gasteiger partial charge in [-0.05, 0) is 44.4 Å². The minimum Gasteiger partial charge on any atom is -0.507 e. The molecular formula is C18H22N2O5S. The van der Waals surface area contributed by atoms with E-state index in [0.29, 0.717) is 0 Å². The summed E-state index contributed by atoms with van der Waals surface area (Å²) in [4.78, 5) is 14.0. The Bertz CT molecular complexity index is 960. The van der Waals surface area contributed by atoms with Crippen LogP contribution < -0.4 is 10.5 Å². The van der Waals surface area contributed by atoms with E-state index in [-0.39, 0.29) is 27.7 Å². The molecule has 1 heterocycles. The molecule has 2 rings (SSSR count). The first kappa shape index (κ1) is 19.7. The molecule has 1 aromatic heterocycles. The van der Waals surface area contributed by atoms with Crippen molar-refractivity contribution in [2.24, 2.45) is 5.10 Å². The van der Waals surface area contributed by atoms with E-state index in [0.717, 1.165) is 24.8 Å². The predicted octanol–water partition coefficient (Wildman–Crippen LogP) is 2.70. The highest BCUT2D eigenvalue weighted by atomic mass is 32.2. The molecule has 0 fully saturated rings. The zero-order chi connectivity index (χ0) is 19.3. The normalized spacial score (nSPS) is 12.2. The van der Waals surface area contributed by atoms with Crippen LogP contribution in [0.5, 0.6) is 5.75 Å². The van der Waals surface area contributed by atoms with Crippen molar-refractivity contribution >= 4 is 15.7 Å². The number of benzene rings is 1. The second kappa shape index (κ2) is 8.18. The molecule has 2 N–H and O–H groups in total. The second-order valence-electron chi connectivity index (χ2n) is 5.94. The summed E-state index contributed by atoms with van der Waals surface area (Å²) in [5, 5.41) is 13.6. The molecule has 0 bridgehead atoms. The number of hydrogen-bond acceptors (Lipinski definition) is 6. The second-order valence-corrected chi connectivity index (χ2v) is 7.61. The molecule has 0 spiro atoms. The smallest absolute Gasteiger partial charge is 0.348 e. The van der Waals surface area contributed by atoms with Crippen molar-refractivity contribution in [3.63, 3.8) is 0 Å². The van der Waals surface area contributed by atoms with Crippen molar-refractivity contribution < 1.29 is 17.9 Å². The Hall–Kier alpha value is -2.61. The summed E-state index contributed by atoms with van der Waals surface area (Å²) < 4.78 is 29.6. The largest absolute Gasteiger partial charge is 0.507 e. The van der Waals surface area contributed by atoms with Gasteiger partial charge < -0.3 is 9.52 Å². The first-order valence-electron chi connectivity index (χ1n) is 8.23. The van der Waals surface area contributed by atoms with E-state index in [1.54, 1.807) is 12.1 Å². The Morgan fingerprint density at radius 1 is 1.27 bits per heavy atom. The average molecular weight is 378 g/mol. The van der Waals surface area contributed by atoms with Crippen LogP contribution in [0, 0.1) is 6.92 Å². The highest BCUT2D eigenvalue weighted by molar-refractivity contribution is 7.89. The van der Waals surface area contributed by atoms with Crippen LogP contribution in [-0.4, -0.2) is 19.2 Å². The van der Waals surface area contributed by atoms with Crippen molar-refractivity contribution in [2.75, 3.05) is 0 Å². The van der Waals surface area contributed by atoms with Gasteiger partial charge in [-0.3, -0.25) is 0 Å². The van der Waals surface area contributed by atoms with E-state index >= 15 is 0 Å². The molecule has 0 radical (unpaired) electrons. The lowest BCUT2D eigenvalue weighted by Crippen LogP contribution is -2.22. The first-order chi connectivity index (χ1) is 12.2. The molecule has 8 heteroatoms. The number of unbranched alkanes of at least 4 members (excludes halogenated alkanes) is 1. The fraction of sp³-hybridized carbons (Fsp3) is 0.333. The standard InChI is InChI=1S/C18H22N2O5S/c1-4-5-6-14-7-9-15(10-8-14)26(23,24)20-19-13(3)17-16(21)11-12(2)25-18(17)22/h7-11,20-21H,4-6H2,1-3H3/b19-13-. The molecule has 0 unspecified atom stereocenters. The van der Waals surface area contributed by atoms with E-state index in [1.807, 2.05) is 0 Å². The van der Waals surface area contributed by atoms with E-state index in [2.05, 4.69) is 16.9 Å². The first-order valence-corrected chi connectivity index (χ1v) is 9.72. The number of aromatic hydroxyl groups is 1. The fourth-order valence-corrected chi connectivity index (χ4v) is 3.24. The molecule has 0 aliphatic rings. The highest BCUT2D eigenvalue weighted by Gasteiger charge is 2.16. The van der Waals surface area contributed by atoms with E-state index in [1.165, 1.54) is 32.0 Å². The molecule has 0 aliphatic carbocycles. The van der Waals surface area contributed by atoms with Crippen LogP contribution in [-0.2, 0) is 16.4 Å². The maximum Gasteiger partial charge on any atom is 0.348 e. The Morgan fingerprint density at radius 3 is 2.50 bits per heavy atom. The molecule has 1 aromatic carbocycles. The van der Waals surface area contributed by atoms with Gasteiger partial charge in [0.1, 0.15) is 17.1 Å². The van der Waals surface area contributed by atoms with Crippen molar-refractivity contribution in [3.05, 3.63) is 57.6 Å². The van der Waals surface area contributed by atoms with Crippen LogP contribution in [0.3, 0.4) is 0 Å². The zero-order valence-corrected chi connectivity index (χ0v) is 15.8. The monoisotopic (exact) mass is 378 g/mol. The van der Waals surface area contributed by atoms with Gasteiger partial charge in [-0.15, -0.1) is 0 Å². The van der Waals surface area contributed by atoms with Crippen LogP contribution in [0.15, 0.2) is 49.5 Å². The summed E-state index contributed by atoms with van der Waals surface area (Å²) in [6.45, 7) is 5.01. The average Bonchev–Trinajstić information content (AvgIpc) is 2.57. The summed E-state index contributed by atoms with van der Waals surface area (Å²) >= 11 is 0. The third-order valence-corrected chi connectivity index (χ3v) is 5.03. The number of hydrazone groups is 1. The maximum atomic E-state index is 12.3. The van der Waals surface area contributed by atoms with Crippen LogP contribution in [0.2, 0.25) is 0 Å². The molecule has 0 amide bonds. The van der Waals surface area contributed by atoms with Crippen LogP contribution >= 0.6 is 0 Å². The van der Waals surface area contributed by atoms with Gasteiger partial charge in [0.25, 0.3) is 10.0 Å². The summed E-state index contributed by atoms with van der Waals surface area (Å²) in [7, 11) is -3.89. The molecule has 0 atom stereocenters. The van der Waals surface area contributed by atoms with Gasteiger partial charge in [0.2, 0.25) is 0 Å². The minimum absolute atomic E-state index is 0.000564. The minimum atomic E-state index is -3.89. The van der Waals surface area contributed by atoms with Gasteiger partial charge in [0.15, 0.2) is 0 Å². The predicted molar refractivity (Wildman–Crippen MR) is 99.0 cm³/mol. The molecule has 140 valence electrons. The highest BCUT2D eigenvalue weighted by Crippen LogP contribution is 2.16. The topological polar surface area (TPSA) is 109 Å². The summed E-state index contributed by atoms with van der Waals surface area (Å²) in [6.07, 6.45) is 3.00. The third kappa shape index (κ3) is 4.72. The molecule has 26 heavy (non-hydrogen) atoms. The summed E-state index contributed by atoms with van der Waals surface area (Å²) in [6, 6.07) is 7.81. The lowest BCUT2D eigenvalue weighted by molar-refractivity contribution is 0.432. The lowest BCUT2D eigenvalue weighted by atomic mass is 10.1. The Morgan fingerprint density at radius 2 is 1.92 bits per heavy atom. The van der Waals surface area contributed by atoms with Crippen molar-refractivity contribution in [1.29, 1.82) is 0 Å². The number of rotatable bonds is 7. The Labute approximate surface area is 152 Å². The molecule has 0 aliphatic heterocycles. The fourth-order valence-electron chi connectivity index (χ4n) is 2.38. The number of aryl methyl sites for hydroxylation is 2. The Balaban J connectivity index is 2.21. The SMILES string of the molecule is CCCCc1ccc(S(=O)(=O)N/N=C(/C)c2c(O)cc(C)oc2=O)cc1. The summed E-state index contributed by atoms with van der Waals surface area (Å²) in [5.74, 6) is -0.0766. The number of nitrogens with one attached hydrogen (secondary N) is 1.